The van der Waals surface area contributed by atoms with Crippen LogP contribution in [0.2, 0.25) is 10.0 Å². The molecule has 6 rings (SSSR count). The number of fused-ring (bicyclic) bond motifs is 4. The number of hydrogen-bond acceptors (Lipinski definition) is 4. The Labute approximate surface area is 278 Å². The maximum atomic E-state index is 14.5. The van der Waals surface area contributed by atoms with Crippen LogP contribution in [0.3, 0.4) is 0 Å². The molecule has 0 radical (unpaired) electrons. The molecule has 0 N–H and O–H groups in total. The lowest BCUT2D eigenvalue weighted by Crippen LogP contribution is -2.30. The third kappa shape index (κ3) is 5.72. The van der Waals surface area contributed by atoms with Gasteiger partial charge in [-0.05, 0) is 47.9 Å². The van der Waals surface area contributed by atoms with E-state index in [4.69, 9.17) is 23.2 Å². The second kappa shape index (κ2) is 13.9. The lowest BCUT2D eigenvalue weighted by atomic mass is 9.95. The molecule has 0 spiro atoms. The van der Waals surface area contributed by atoms with Crippen LogP contribution in [0.5, 0.6) is 0 Å². The molecular formula is C36H40Cl2N2O2S2. The fourth-order valence-electron chi connectivity index (χ4n) is 6.74. The summed E-state index contributed by atoms with van der Waals surface area (Å²) in [6, 6.07) is 8.17. The molecule has 0 unspecified atom stereocenters. The molecule has 0 bridgehead atoms. The summed E-state index contributed by atoms with van der Waals surface area (Å²) in [5.74, 6) is -0.266. The molecule has 44 heavy (non-hydrogen) atoms. The van der Waals surface area contributed by atoms with Crippen LogP contribution >= 0.6 is 45.9 Å². The first-order valence-electron chi connectivity index (χ1n) is 16.3. The van der Waals surface area contributed by atoms with Crippen LogP contribution in [-0.4, -0.2) is 24.9 Å². The van der Waals surface area contributed by atoms with Crippen molar-refractivity contribution in [2.24, 2.45) is 0 Å². The maximum absolute atomic E-state index is 14.5. The molecule has 2 aliphatic heterocycles. The van der Waals surface area contributed by atoms with Crippen molar-refractivity contribution in [3.8, 4) is 0 Å². The Balaban J connectivity index is 1.44. The average Bonchev–Trinajstić information content (AvgIpc) is 3.79. The number of nitrogens with zero attached hydrogens (tertiary/aromatic N) is 2. The molecule has 0 saturated carbocycles. The van der Waals surface area contributed by atoms with Crippen LogP contribution < -0.4 is 9.80 Å². The van der Waals surface area contributed by atoms with E-state index in [1.54, 1.807) is 22.7 Å². The van der Waals surface area contributed by atoms with E-state index >= 15 is 0 Å². The summed E-state index contributed by atoms with van der Waals surface area (Å²) in [5.41, 5.74) is 3.94. The van der Waals surface area contributed by atoms with Gasteiger partial charge >= 0.3 is 0 Å². The summed E-state index contributed by atoms with van der Waals surface area (Å²) in [5, 5.41) is 7.15. The third-order valence-corrected chi connectivity index (χ3v) is 11.6. The van der Waals surface area contributed by atoms with Crippen molar-refractivity contribution in [2.75, 3.05) is 22.9 Å². The number of halogens is 2. The summed E-state index contributed by atoms with van der Waals surface area (Å²) >= 11 is 17.4. The van der Waals surface area contributed by atoms with Gasteiger partial charge in [-0.25, -0.2) is 0 Å². The minimum Gasteiger partial charge on any atom is -0.306 e. The second-order valence-corrected chi connectivity index (χ2v) is 14.7. The van der Waals surface area contributed by atoms with Gasteiger partial charge in [-0.3, -0.25) is 9.59 Å². The monoisotopic (exact) mass is 666 g/mol. The highest BCUT2D eigenvalue weighted by Gasteiger charge is 2.44. The first kappa shape index (κ1) is 31.6. The van der Waals surface area contributed by atoms with Crippen molar-refractivity contribution in [2.45, 2.75) is 90.9 Å². The van der Waals surface area contributed by atoms with Crippen LogP contribution in [0, 0.1) is 0 Å². The second-order valence-electron chi connectivity index (χ2n) is 12.0. The molecule has 2 aliphatic rings. The topological polar surface area (TPSA) is 40.6 Å². The van der Waals surface area contributed by atoms with E-state index in [2.05, 4.69) is 26.0 Å². The minimum atomic E-state index is -0.133. The van der Waals surface area contributed by atoms with Crippen LogP contribution in [0.25, 0.3) is 31.3 Å². The number of benzene rings is 2. The Morgan fingerprint density at radius 2 is 0.977 bits per heavy atom. The lowest BCUT2D eigenvalue weighted by molar-refractivity contribution is -0.114. The standard InChI is InChI=1S/C36H40Cl2N2O2S2/c1-3-5-7-9-11-13-17-39-33-25(21-27-23(31(33)37)15-19-43-27)29(35(39)41)30-26-22-28-24(16-20-44-28)32(38)34(26)40(36(30)42)18-14-12-10-8-6-4-2/h15-16,19-22H,3-14,17-18H2,1-2H3/b30-29+. The summed E-state index contributed by atoms with van der Waals surface area (Å²) in [6.07, 6.45) is 13.5. The molecule has 0 fully saturated rings. The number of hydrogen-bond donors (Lipinski definition) is 0. The van der Waals surface area contributed by atoms with Gasteiger partial charge in [0.2, 0.25) is 0 Å². The van der Waals surface area contributed by atoms with E-state index in [9.17, 15) is 9.59 Å². The van der Waals surface area contributed by atoms with Crippen LogP contribution in [0.15, 0.2) is 35.0 Å². The van der Waals surface area contributed by atoms with Crippen molar-refractivity contribution in [3.05, 3.63) is 56.2 Å². The summed E-state index contributed by atoms with van der Waals surface area (Å²) in [6.45, 7) is 5.60. The molecular weight excluding hydrogens is 627 g/mol. The normalized spacial score (nSPS) is 16.3. The van der Waals surface area contributed by atoms with Crippen molar-refractivity contribution in [1.82, 2.24) is 0 Å². The van der Waals surface area contributed by atoms with Crippen LogP contribution in [0.1, 0.15) is 102 Å². The smallest absolute Gasteiger partial charge is 0.259 e. The number of amides is 2. The molecule has 4 heterocycles. The highest BCUT2D eigenvalue weighted by atomic mass is 35.5. The minimum absolute atomic E-state index is 0.133. The average molecular weight is 668 g/mol. The van der Waals surface area contributed by atoms with Crippen molar-refractivity contribution in [1.29, 1.82) is 0 Å². The van der Waals surface area contributed by atoms with E-state index in [0.717, 1.165) is 81.2 Å². The quantitative estimate of drug-likeness (QED) is 0.0992. The Morgan fingerprint density at radius 3 is 1.39 bits per heavy atom. The molecule has 232 valence electrons. The van der Waals surface area contributed by atoms with Crippen LogP contribution in [0.4, 0.5) is 11.4 Å². The number of unbranched alkanes of at least 4 members (excludes halogenated alkanes) is 10. The number of rotatable bonds is 14. The molecule has 4 nitrogen and oxygen atoms in total. The van der Waals surface area contributed by atoms with E-state index in [0.29, 0.717) is 34.3 Å². The Bertz CT molecular complexity index is 1610. The summed E-state index contributed by atoms with van der Waals surface area (Å²) in [4.78, 5) is 32.7. The third-order valence-electron chi connectivity index (χ3n) is 9.06. The fourth-order valence-corrected chi connectivity index (χ4v) is 9.26. The lowest BCUT2D eigenvalue weighted by Gasteiger charge is -2.19. The first-order valence-corrected chi connectivity index (χ1v) is 18.8. The molecule has 0 saturated heterocycles. The molecule has 8 heteroatoms. The molecule has 2 aromatic heterocycles. The predicted octanol–water partition coefficient (Wildman–Crippen LogP) is 11.7. The number of thiophene rings is 2. The highest BCUT2D eigenvalue weighted by Crippen LogP contribution is 2.53. The van der Waals surface area contributed by atoms with Gasteiger partial charge in [0.05, 0.1) is 32.6 Å². The van der Waals surface area contributed by atoms with Crippen molar-refractivity contribution in [3.63, 3.8) is 0 Å². The molecule has 2 aromatic carbocycles. The van der Waals surface area contributed by atoms with Gasteiger partial charge < -0.3 is 9.80 Å². The van der Waals surface area contributed by atoms with Gasteiger partial charge in [-0.1, -0.05) is 101 Å². The van der Waals surface area contributed by atoms with Gasteiger partial charge in [0.1, 0.15) is 0 Å². The zero-order chi connectivity index (χ0) is 30.8. The summed E-state index contributed by atoms with van der Waals surface area (Å²) in [7, 11) is 0. The molecule has 4 aromatic rings. The zero-order valence-electron chi connectivity index (χ0n) is 25.6. The summed E-state index contributed by atoms with van der Waals surface area (Å²) < 4.78 is 2.03. The molecule has 0 atom stereocenters. The highest BCUT2D eigenvalue weighted by molar-refractivity contribution is 7.17. The van der Waals surface area contributed by atoms with E-state index in [-0.39, 0.29) is 11.8 Å². The molecule has 2 amide bonds. The van der Waals surface area contributed by atoms with Crippen molar-refractivity contribution >= 4 is 100 Å². The SMILES string of the molecule is CCCCCCCCN1C(=O)/C(=C2/C(=O)N(CCCCCCCC)c3c2cc2sccc2c3Cl)c2cc3sccc3c(Cl)c21. The van der Waals surface area contributed by atoms with Gasteiger partial charge in [0, 0.05) is 44.4 Å². The van der Waals surface area contributed by atoms with Gasteiger partial charge in [-0.2, -0.15) is 0 Å². The molecule has 0 aliphatic carbocycles. The van der Waals surface area contributed by atoms with Gasteiger partial charge in [0.15, 0.2) is 0 Å². The van der Waals surface area contributed by atoms with E-state index in [1.165, 1.54) is 38.5 Å². The van der Waals surface area contributed by atoms with E-state index < -0.39 is 0 Å². The largest absolute Gasteiger partial charge is 0.306 e. The van der Waals surface area contributed by atoms with Crippen molar-refractivity contribution < 1.29 is 9.59 Å². The number of anilines is 2. The van der Waals surface area contributed by atoms with Gasteiger partial charge in [0.25, 0.3) is 11.8 Å². The Kier molecular flexibility index (Phi) is 10.0. The van der Waals surface area contributed by atoms with E-state index in [1.807, 2.05) is 32.7 Å². The number of carbonyl (C=O) groups excluding carboxylic acids is 2. The first-order chi connectivity index (χ1) is 21.5. The number of carbonyl (C=O) groups is 2. The Hall–Kier alpha value is -2.38. The Morgan fingerprint density at radius 1 is 0.591 bits per heavy atom. The fraction of sp³-hybridized carbons (Fsp3) is 0.444. The predicted molar refractivity (Wildman–Crippen MR) is 192 cm³/mol. The maximum Gasteiger partial charge on any atom is 0.259 e. The van der Waals surface area contributed by atoms with Crippen LogP contribution in [-0.2, 0) is 9.59 Å². The zero-order valence-corrected chi connectivity index (χ0v) is 28.8. The van der Waals surface area contributed by atoms with Gasteiger partial charge in [-0.15, -0.1) is 22.7 Å².